The first-order chi connectivity index (χ1) is 12.6. The van der Waals surface area contributed by atoms with Gasteiger partial charge in [0.05, 0.1) is 0 Å². The Labute approximate surface area is 153 Å². The molecule has 4 rings (SSSR count). The third-order valence-corrected chi connectivity index (χ3v) is 5.03. The first-order valence-electron chi connectivity index (χ1n) is 8.09. The number of anilines is 1. The van der Waals surface area contributed by atoms with E-state index in [1.807, 2.05) is 31.2 Å². The summed E-state index contributed by atoms with van der Waals surface area (Å²) in [6.07, 6.45) is 2.35. The number of hydrogen-bond acceptors (Lipinski definition) is 4. The van der Waals surface area contributed by atoms with Crippen molar-refractivity contribution < 1.29 is 13.6 Å². The maximum absolute atomic E-state index is 13.0. The Morgan fingerprint density at radius 1 is 1.19 bits per heavy atom. The number of nitrogens with one attached hydrogen (secondary N) is 1. The molecule has 0 aliphatic carbocycles. The summed E-state index contributed by atoms with van der Waals surface area (Å²) in [6.45, 7) is 1.86. The molecule has 0 unspecified atom stereocenters. The molecule has 0 atom stereocenters. The first kappa shape index (κ1) is 16.5. The Morgan fingerprint density at radius 3 is 2.73 bits per heavy atom. The van der Waals surface area contributed by atoms with Crippen molar-refractivity contribution in [3.63, 3.8) is 0 Å². The summed E-state index contributed by atoms with van der Waals surface area (Å²) in [5.74, 6) is -0.282. The van der Waals surface area contributed by atoms with Crippen LogP contribution >= 0.6 is 11.3 Å². The number of furan rings is 1. The van der Waals surface area contributed by atoms with E-state index < -0.39 is 0 Å². The van der Waals surface area contributed by atoms with E-state index in [4.69, 9.17) is 4.42 Å². The summed E-state index contributed by atoms with van der Waals surface area (Å²) in [5.41, 5.74) is 2.48. The molecule has 0 fully saturated rings. The smallest absolute Gasteiger partial charge is 0.293 e. The lowest BCUT2D eigenvalue weighted by Gasteiger charge is -1.99. The molecule has 0 radical (unpaired) electrons. The molecule has 4 aromatic rings. The number of thiazole rings is 1. The molecule has 4 nitrogen and oxygen atoms in total. The van der Waals surface area contributed by atoms with E-state index in [1.54, 1.807) is 18.3 Å². The van der Waals surface area contributed by atoms with Crippen molar-refractivity contribution in [2.75, 3.05) is 5.32 Å². The van der Waals surface area contributed by atoms with Gasteiger partial charge in [0.15, 0.2) is 10.9 Å². The highest BCUT2D eigenvalue weighted by atomic mass is 32.1. The average molecular weight is 366 g/mol. The van der Waals surface area contributed by atoms with Gasteiger partial charge in [-0.3, -0.25) is 10.1 Å². The van der Waals surface area contributed by atoms with Gasteiger partial charge in [-0.1, -0.05) is 30.3 Å². The zero-order valence-electron chi connectivity index (χ0n) is 14.0. The highest BCUT2D eigenvalue weighted by Gasteiger charge is 2.18. The van der Waals surface area contributed by atoms with Crippen LogP contribution in [0.2, 0.25) is 0 Å². The van der Waals surface area contributed by atoms with E-state index in [1.165, 1.54) is 23.5 Å². The number of benzene rings is 2. The number of hydrogen-bond donors (Lipinski definition) is 1. The molecule has 1 N–H and O–H groups in total. The number of para-hydroxylation sites is 1. The van der Waals surface area contributed by atoms with E-state index in [0.29, 0.717) is 22.9 Å². The van der Waals surface area contributed by atoms with Crippen LogP contribution < -0.4 is 5.32 Å². The lowest BCUT2D eigenvalue weighted by Crippen LogP contribution is -2.11. The molecule has 130 valence electrons. The monoisotopic (exact) mass is 366 g/mol. The van der Waals surface area contributed by atoms with Crippen LogP contribution in [0.15, 0.2) is 59.1 Å². The molecule has 6 heteroatoms. The summed E-state index contributed by atoms with van der Waals surface area (Å²) in [6, 6.07) is 13.9. The standard InChI is InChI=1S/C20H15FN2O2S/c1-12-16-4-2-3-5-17(16)25-18(12)19(24)23-20-22-11-15(26-20)10-13-6-8-14(21)9-7-13/h2-9,11H,10H2,1H3,(H,22,23,24). The Hall–Kier alpha value is -2.99. The summed E-state index contributed by atoms with van der Waals surface area (Å²) in [7, 11) is 0. The van der Waals surface area contributed by atoms with Crippen molar-refractivity contribution in [1.82, 2.24) is 4.98 Å². The molecule has 0 saturated heterocycles. The molecule has 2 heterocycles. The summed E-state index contributed by atoms with van der Waals surface area (Å²) in [5, 5.41) is 4.22. The van der Waals surface area contributed by atoms with Crippen LogP contribution in [0.4, 0.5) is 9.52 Å². The number of nitrogens with zero attached hydrogens (tertiary/aromatic N) is 1. The minimum absolute atomic E-state index is 0.257. The van der Waals surface area contributed by atoms with Crippen LogP contribution in [-0.2, 0) is 6.42 Å². The van der Waals surface area contributed by atoms with E-state index >= 15 is 0 Å². The van der Waals surface area contributed by atoms with Crippen LogP contribution in [0.5, 0.6) is 0 Å². The molecule has 0 aliphatic heterocycles. The topological polar surface area (TPSA) is 55.1 Å². The van der Waals surface area contributed by atoms with E-state index in [-0.39, 0.29) is 11.7 Å². The number of aromatic nitrogens is 1. The number of carbonyl (C=O) groups is 1. The highest BCUT2D eigenvalue weighted by Crippen LogP contribution is 2.27. The van der Waals surface area contributed by atoms with Crippen molar-refractivity contribution in [3.8, 4) is 0 Å². The third kappa shape index (κ3) is 3.23. The van der Waals surface area contributed by atoms with Gasteiger partial charge in [0, 0.05) is 28.4 Å². The predicted octanol–water partition coefficient (Wildman–Crippen LogP) is 5.18. The van der Waals surface area contributed by atoms with Crippen molar-refractivity contribution in [3.05, 3.63) is 82.3 Å². The summed E-state index contributed by atoms with van der Waals surface area (Å²) < 4.78 is 18.7. The van der Waals surface area contributed by atoms with Gasteiger partial charge >= 0.3 is 0 Å². The van der Waals surface area contributed by atoms with Crippen LogP contribution in [-0.4, -0.2) is 10.9 Å². The quantitative estimate of drug-likeness (QED) is 0.541. The second-order valence-corrected chi connectivity index (χ2v) is 7.06. The van der Waals surface area contributed by atoms with Crippen LogP contribution in [0, 0.1) is 12.7 Å². The number of aryl methyl sites for hydroxylation is 1. The van der Waals surface area contributed by atoms with E-state index in [9.17, 15) is 9.18 Å². The fourth-order valence-electron chi connectivity index (χ4n) is 2.80. The normalized spacial score (nSPS) is 11.0. The van der Waals surface area contributed by atoms with E-state index in [2.05, 4.69) is 10.3 Å². The lowest BCUT2D eigenvalue weighted by molar-refractivity contribution is 0.0998. The van der Waals surface area contributed by atoms with Crippen molar-refractivity contribution in [2.24, 2.45) is 0 Å². The SMILES string of the molecule is Cc1c(C(=O)Nc2ncc(Cc3ccc(F)cc3)s2)oc2ccccc12. The number of rotatable bonds is 4. The van der Waals surface area contributed by atoms with Crippen LogP contribution in [0.1, 0.15) is 26.6 Å². The maximum atomic E-state index is 13.0. The second kappa shape index (κ2) is 6.72. The largest absolute Gasteiger partial charge is 0.451 e. The molecule has 0 aliphatic rings. The number of fused-ring (bicyclic) bond motifs is 1. The highest BCUT2D eigenvalue weighted by molar-refractivity contribution is 7.15. The molecule has 0 spiro atoms. The number of carbonyl (C=O) groups excluding carboxylic acids is 1. The molecule has 1 amide bonds. The Kier molecular flexibility index (Phi) is 4.26. The molecule has 2 aromatic carbocycles. The van der Waals surface area contributed by atoms with Crippen molar-refractivity contribution in [2.45, 2.75) is 13.3 Å². The van der Waals surface area contributed by atoms with Gasteiger partial charge in [0.25, 0.3) is 5.91 Å². The molecular weight excluding hydrogens is 351 g/mol. The molecule has 2 aromatic heterocycles. The zero-order chi connectivity index (χ0) is 18.1. The van der Waals surface area contributed by atoms with Crippen molar-refractivity contribution >= 4 is 33.3 Å². The molecule has 0 saturated carbocycles. The third-order valence-electron chi connectivity index (χ3n) is 4.12. The minimum atomic E-state index is -0.318. The number of amides is 1. The Bertz CT molecular complexity index is 1080. The average Bonchev–Trinajstić information content (AvgIpc) is 3.22. The molecular formula is C20H15FN2O2S. The van der Waals surface area contributed by atoms with Crippen LogP contribution in [0.3, 0.4) is 0 Å². The predicted molar refractivity (Wildman–Crippen MR) is 100 cm³/mol. The number of halogens is 1. The first-order valence-corrected chi connectivity index (χ1v) is 8.90. The van der Waals surface area contributed by atoms with Crippen molar-refractivity contribution in [1.29, 1.82) is 0 Å². The van der Waals surface area contributed by atoms with Gasteiger partial charge in [-0.25, -0.2) is 9.37 Å². The minimum Gasteiger partial charge on any atom is -0.451 e. The van der Waals surface area contributed by atoms with Gasteiger partial charge < -0.3 is 4.42 Å². The van der Waals surface area contributed by atoms with Crippen LogP contribution in [0.25, 0.3) is 11.0 Å². The van der Waals surface area contributed by atoms with Gasteiger partial charge in [0.2, 0.25) is 0 Å². The maximum Gasteiger partial charge on any atom is 0.293 e. The summed E-state index contributed by atoms with van der Waals surface area (Å²) >= 11 is 1.39. The molecule has 0 bridgehead atoms. The summed E-state index contributed by atoms with van der Waals surface area (Å²) in [4.78, 5) is 17.8. The fourth-order valence-corrected chi connectivity index (χ4v) is 3.64. The fraction of sp³-hybridized carbons (Fsp3) is 0.100. The lowest BCUT2D eigenvalue weighted by atomic mass is 10.1. The zero-order valence-corrected chi connectivity index (χ0v) is 14.8. The molecule has 26 heavy (non-hydrogen) atoms. The Balaban J connectivity index is 1.50. The van der Waals surface area contributed by atoms with Gasteiger partial charge in [0.1, 0.15) is 11.4 Å². The second-order valence-electron chi connectivity index (χ2n) is 5.94. The van der Waals surface area contributed by atoms with Gasteiger partial charge in [-0.05, 0) is 30.7 Å². The Morgan fingerprint density at radius 2 is 1.96 bits per heavy atom. The van der Waals surface area contributed by atoms with E-state index in [0.717, 1.165) is 21.4 Å². The van der Waals surface area contributed by atoms with Gasteiger partial charge in [-0.15, -0.1) is 11.3 Å². The van der Waals surface area contributed by atoms with Gasteiger partial charge in [-0.2, -0.15) is 0 Å².